The molecule has 0 aliphatic rings. The first kappa shape index (κ1) is 15.8. The Bertz CT molecular complexity index is 641. The van der Waals surface area contributed by atoms with Crippen LogP contribution in [-0.4, -0.2) is 21.3 Å². The Morgan fingerprint density at radius 2 is 2.00 bits per heavy atom. The molecule has 0 atom stereocenters. The largest absolute Gasteiger partial charge is 0.301 e. The highest BCUT2D eigenvalue weighted by Gasteiger charge is 2.09. The summed E-state index contributed by atoms with van der Waals surface area (Å²) in [6.07, 6.45) is 2.44. The zero-order valence-corrected chi connectivity index (χ0v) is 13.8. The van der Waals surface area contributed by atoms with Gasteiger partial charge >= 0.3 is 0 Å². The van der Waals surface area contributed by atoms with E-state index in [4.69, 9.17) is 23.2 Å². The Kier molecular flexibility index (Phi) is 5.84. The van der Waals surface area contributed by atoms with Gasteiger partial charge in [0.25, 0.3) is 5.56 Å². The van der Waals surface area contributed by atoms with Gasteiger partial charge in [-0.3, -0.25) is 4.79 Å². The molecule has 106 valence electrons. The van der Waals surface area contributed by atoms with E-state index in [-0.39, 0.29) is 5.56 Å². The van der Waals surface area contributed by atoms with Gasteiger partial charge in [0.05, 0.1) is 5.69 Å². The lowest BCUT2D eigenvalue weighted by Gasteiger charge is -2.07. The molecule has 0 saturated carbocycles. The second kappa shape index (κ2) is 7.41. The molecule has 0 aliphatic carbocycles. The number of aromatic amines is 1. The molecule has 0 spiro atoms. The molecule has 1 aromatic heterocycles. The second-order valence-corrected chi connectivity index (χ2v) is 6.98. The molecule has 1 aromatic carbocycles. The van der Waals surface area contributed by atoms with Crippen LogP contribution in [0, 0.1) is 0 Å². The van der Waals surface area contributed by atoms with E-state index in [1.54, 1.807) is 30.0 Å². The van der Waals surface area contributed by atoms with Crippen LogP contribution in [0.25, 0.3) is 0 Å². The van der Waals surface area contributed by atoms with Crippen molar-refractivity contribution < 1.29 is 0 Å². The molecular weight excluding hydrogens is 335 g/mol. The Hall–Kier alpha value is -0.620. The summed E-state index contributed by atoms with van der Waals surface area (Å²) in [5, 5.41) is 2.61. The maximum absolute atomic E-state index is 11.7. The maximum atomic E-state index is 11.7. The summed E-state index contributed by atoms with van der Waals surface area (Å²) in [7, 11) is 0. The van der Waals surface area contributed by atoms with E-state index in [1.807, 2.05) is 6.26 Å². The number of benzene rings is 1. The molecule has 3 nitrogen and oxygen atoms in total. The fraction of sp³-hybridized carbons (Fsp3) is 0.231. The number of H-pyrrole nitrogens is 1. The summed E-state index contributed by atoms with van der Waals surface area (Å²) >= 11 is 15.4. The smallest absolute Gasteiger partial charge is 0.251 e. The van der Waals surface area contributed by atoms with Crippen LogP contribution in [0.15, 0.2) is 34.2 Å². The third-order valence-electron chi connectivity index (χ3n) is 2.51. The summed E-state index contributed by atoms with van der Waals surface area (Å²) in [4.78, 5) is 18.8. The van der Waals surface area contributed by atoms with Crippen LogP contribution >= 0.6 is 46.7 Å². The van der Waals surface area contributed by atoms with Crippen LogP contribution in [0.5, 0.6) is 0 Å². The lowest BCUT2D eigenvalue weighted by Crippen LogP contribution is -2.10. The van der Waals surface area contributed by atoms with E-state index in [0.29, 0.717) is 27.3 Å². The molecule has 1 N–H and O–H groups in total. The van der Waals surface area contributed by atoms with Gasteiger partial charge in [-0.15, -0.1) is 0 Å². The van der Waals surface area contributed by atoms with Crippen molar-refractivity contribution in [1.29, 1.82) is 0 Å². The minimum absolute atomic E-state index is 0.165. The number of halogens is 2. The summed E-state index contributed by atoms with van der Waals surface area (Å²) in [6.45, 7) is 0. The number of rotatable bonds is 5. The van der Waals surface area contributed by atoms with Crippen molar-refractivity contribution in [3.63, 3.8) is 0 Å². The molecule has 7 heteroatoms. The quantitative estimate of drug-likeness (QED) is 0.503. The number of hydrogen-bond acceptors (Lipinski definition) is 4. The van der Waals surface area contributed by atoms with E-state index < -0.39 is 0 Å². The van der Waals surface area contributed by atoms with E-state index in [9.17, 15) is 4.79 Å². The van der Waals surface area contributed by atoms with Gasteiger partial charge in [-0.2, -0.15) is 11.8 Å². The first-order valence-electron chi connectivity index (χ1n) is 5.75. The predicted octanol–water partition coefficient (Wildman–Crippen LogP) is 4.08. The number of thioether (sulfide) groups is 2. The number of nitrogens with zero attached hydrogens (tertiary/aromatic N) is 1. The van der Waals surface area contributed by atoms with Crippen molar-refractivity contribution in [3.8, 4) is 0 Å². The fourth-order valence-electron chi connectivity index (χ4n) is 1.64. The molecule has 0 fully saturated rings. The lowest BCUT2D eigenvalue weighted by molar-refractivity contribution is 0.881. The van der Waals surface area contributed by atoms with Crippen molar-refractivity contribution in [2.75, 3.05) is 11.3 Å². The molecule has 0 saturated heterocycles. The average Bonchev–Trinajstić information content (AvgIpc) is 2.40. The standard InChI is InChI=1S/C13H12Cl2N2OS2/c1-19-7-20-13-16-8(6-12(18)17-13)5-9-10(14)3-2-4-11(9)15/h2-4,6H,5,7H2,1H3,(H,16,17,18). The highest BCUT2D eigenvalue weighted by molar-refractivity contribution is 8.15. The minimum Gasteiger partial charge on any atom is -0.301 e. The van der Waals surface area contributed by atoms with Gasteiger partial charge in [-0.25, -0.2) is 4.98 Å². The monoisotopic (exact) mass is 346 g/mol. The van der Waals surface area contributed by atoms with Crippen molar-refractivity contribution in [2.45, 2.75) is 11.6 Å². The SMILES string of the molecule is CSCSc1nc(Cc2c(Cl)cccc2Cl)cc(=O)[nH]1. The van der Waals surface area contributed by atoms with Crippen molar-refractivity contribution in [2.24, 2.45) is 0 Å². The third-order valence-corrected chi connectivity index (χ3v) is 5.10. The number of aromatic nitrogens is 2. The second-order valence-electron chi connectivity index (χ2n) is 3.97. The average molecular weight is 347 g/mol. The topological polar surface area (TPSA) is 45.8 Å². The summed E-state index contributed by atoms with van der Waals surface area (Å²) in [6, 6.07) is 6.82. The molecule has 20 heavy (non-hydrogen) atoms. The van der Waals surface area contributed by atoms with E-state index in [0.717, 1.165) is 10.6 Å². The van der Waals surface area contributed by atoms with Gasteiger partial charge in [0.15, 0.2) is 5.16 Å². The molecular formula is C13H12Cl2N2OS2. The van der Waals surface area contributed by atoms with Crippen molar-refractivity contribution >= 4 is 46.7 Å². The van der Waals surface area contributed by atoms with Gasteiger partial charge in [-0.1, -0.05) is 41.0 Å². The molecule has 0 aliphatic heterocycles. The molecule has 1 heterocycles. The van der Waals surface area contributed by atoms with Gasteiger partial charge in [-0.05, 0) is 24.0 Å². The summed E-state index contributed by atoms with van der Waals surface area (Å²) in [5.41, 5.74) is 1.28. The van der Waals surface area contributed by atoms with Gasteiger partial charge in [0.1, 0.15) is 0 Å². The normalized spacial score (nSPS) is 10.8. The van der Waals surface area contributed by atoms with E-state index >= 15 is 0 Å². The third kappa shape index (κ3) is 4.19. The highest BCUT2D eigenvalue weighted by Crippen LogP contribution is 2.26. The van der Waals surface area contributed by atoms with Crippen molar-refractivity contribution in [1.82, 2.24) is 9.97 Å². The van der Waals surface area contributed by atoms with Gasteiger partial charge < -0.3 is 4.98 Å². The maximum Gasteiger partial charge on any atom is 0.251 e. The van der Waals surface area contributed by atoms with Crippen LogP contribution in [0.1, 0.15) is 11.3 Å². The number of nitrogens with one attached hydrogen (secondary N) is 1. The number of hydrogen-bond donors (Lipinski definition) is 1. The van der Waals surface area contributed by atoms with Crippen molar-refractivity contribution in [3.05, 3.63) is 55.9 Å². The Balaban J connectivity index is 2.29. The Morgan fingerprint density at radius 3 is 2.65 bits per heavy atom. The molecule has 2 rings (SSSR count). The Morgan fingerprint density at radius 1 is 1.30 bits per heavy atom. The molecule has 0 bridgehead atoms. The summed E-state index contributed by atoms with van der Waals surface area (Å²) in [5.74, 6) is 0. The van der Waals surface area contributed by atoms with Gasteiger partial charge in [0, 0.05) is 27.6 Å². The first-order valence-corrected chi connectivity index (χ1v) is 8.88. The van der Waals surface area contributed by atoms with Crippen LogP contribution in [0.4, 0.5) is 0 Å². The zero-order valence-electron chi connectivity index (χ0n) is 10.7. The van der Waals surface area contributed by atoms with E-state index in [1.165, 1.54) is 17.8 Å². The fourth-order valence-corrected chi connectivity index (χ4v) is 3.44. The van der Waals surface area contributed by atoms with Crippen LogP contribution in [-0.2, 0) is 6.42 Å². The van der Waals surface area contributed by atoms with Gasteiger partial charge in [0.2, 0.25) is 0 Å². The van der Waals surface area contributed by atoms with Crippen LogP contribution < -0.4 is 5.56 Å². The van der Waals surface area contributed by atoms with Crippen LogP contribution in [0.2, 0.25) is 10.0 Å². The molecule has 0 amide bonds. The first-order chi connectivity index (χ1) is 9.60. The lowest BCUT2D eigenvalue weighted by atomic mass is 10.1. The zero-order chi connectivity index (χ0) is 14.5. The summed E-state index contributed by atoms with van der Waals surface area (Å²) < 4.78 is 0. The Labute approximate surface area is 135 Å². The molecule has 2 aromatic rings. The predicted molar refractivity (Wildman–Crippen MR) is 88.4 cm³/mol. The molecule has 0 unspecified atom stereocenters. The molecule has 0 radical (unpaired) electrons. The van der Waals surface area contributed by atoms with Crippen LogP contribution in [0.3, 0.4) is 0 Å². The highest BCUT2D eigenvalue weighted by atomic mass is 35.5. The minimum atomic E-state index is -0.165. The van der Waals surface area contributed by atoms with E-state index in [2.05, 4.69) is 9.97 Å².